The number of phenols is 1. The summed E-state index contributed by atoms with van der Waals surface area (Å²) in [5.74, 6) is 1.36. The van der Waals surface area contributed by atoms with E-state index in [0.717, 1.165) is 16.9 Å². The predicted molar refractivity (Wildman–Crippen MR) is 107 cm³/mol. The van der Waals surface area contributed by atoms with Crippen LogP contribution in [0.2, 0.25) is 0 Å². The molecule has 0 atom stereocenters. The lowest BCUT2D eigenvalue weighted by atomic mass is 10.0. The van der Waals surface area contributed by atoms with Crippen molar-refractivity contribution in [2.75, 3.05) is 0 Å². The molecule has 0 amide bonds. The number of imidazole rings is 1. The maximum Gasteiger partial charge on any atom is 0.187 e. The Bertz CT molecular complexity index is 1090. The molecule has 0 bridgehead atoms. The van der Waals surface area contributed by atoms with Crippen LogP contribution in [0, 0.1) is 0 Å². The van der Waals surface area contributed by atoms with Crippen LogP contribution >= 0.6 is 0 Å². The standard InChI is InChI=1S/C22H20N4O/c1-15(2)16-6-8-17(9-7-16)21-22(26-14-4-3-5-20(26)23-21)25-24-18-10-12-19(27)13-11-18/h3-15,27H,1-2H3. The smallest absolute Gasteiger partial charge is 0.187 e. The molecule has 0 aliphatic rings. The van der Waals surface area contributed by atoms with Crippen LogP contribution in [-0.4, -0.2) is 14.5 Å². The Hall–Kier alpha value is -3.47. The highest BCUT2D eigenvalue weighted by molar-refractivity contribution is 5.74. The summed E-state index contributed by atoms with van der Waals surface area (Å²) in [6.07, 6.45) is 1.93. The number of nitrogens with zero attached hydrogens (tertiary/aromatic N) is 4. The molecule has 0 aliphatic heterocycles. The largest absolute Gasteiger partial charge is 0.508 e. The van der Waals surface area contributed by atoms with Crippen molar-refractivity contribution in [2.45, 2.75) is 19.8 Å². The molecule has 5 heteroatoms. The van der Waals surface area contributed by atoms with E-state index < -0.39 is 0 Å². The molecule has 0 fully saturated rings. The summed E-state index contributed by atoms with van der Waals surface area (Å²) in [4.78, 5) is 4.75. The van der Waals surface area contributed by atoms with Gasteiger partial charge in [0.05, 0.1) is 5.69 Å². The van der Waals surface area contributed by atoms with Crippen LogP contribution in [-0.2, 0) is 0 Å². The third-order valence-corrected chi connectivity index (χ3v) is 4.47. The summed E-state index contributed by atoms with van der Waals surface area (Å²) >= 11 is 0. The monoisotopic (exact) mass is 356 g/mol. The number of aromatic nitrogens is 2. The van der Waals surface area contributed by atoms with Gasteiger partial charge in [-0.15, -0.1) is 10.2 Å². The van der Waals surface area contributed by atoms with Crippen molar-refractivity contribution in [1.29, 1.82) is 0 Å². The highest BCUT2D eigenvalue weighted by Crippen LogP contribution is 2.33. The second-order valence-electron chi connectivity index (χ2n) is 6.71. The van der Waals surface area contributed by atoms with Gasteiger partial charge in [0, 0.05) is 11.8 Å². The predicted octanol–water partition coefficient (Wildman–Crippen LogP) is 6.25. The molecule has 1 N–H and O–H groups in total. The minimum Gasteiger partial charge on any atom is -0.508 e. The van der Waals surface area contributed by atoms with Gasteiger partial charge < -0.3 is 5.11 Å². The summed E-state index contributed by atoms with van der Waals surface area (Å²) in [7, 11) is 0. The minimum atomic E-state index is 0.203. The van der Waals surface area contributed by atoms with Gasteiger partial charge in [0.25, 0.3) is 0 Å². The fourth-order valence-corrected chi connectivity index (χ4v) is 2.92. The number of benzene rings is 2. The van der Waals surface area contributed by atoms with Crippen LogP contribution in [0.1, 0.15) is 25.3 Å². The maximum absolute atomic E-state index is 9.42. The second-order valence-corrected chi connectivity index (χ2v) is 6.71. The van der Waals surface area contributed by atoms with Gasteiger partial charge in [-0.3, -0.25) is 4.40 Å². The van der Waals surface area contributed by atoms with Crippen molar-refractivity contribution in [1.82, 2.24) is 9.38 Å². The Morgan fingerprint density at radius 2 is 1.63 bits per heavy atom. The number of phenolic OH excluding ortho intramolecular Hbond substituents is 1. The Morgan fingerprint density at radius 3 is 2.33 bits per heavy atom. The first kappa shape index (κ1) is 17.0. The van der Waals surface area contributed by atoms with Crippen LogP contribution in [0.5, 0.6) is 5.75 Å². The Morgan fingerprint density at radius 1 is 0.889 bits per heavy atom. The molecule has 4 rings (SSSR count). The Kier molecular flexibility index (Phi) is 4.42. The van der Waals surface area contributed by atoms with Gasteiger partial charge >= 0.3 is 0 Å². The molecular formula is C22H20N4O. The molecule has 2 aromatic carbocycles. The quantitative estimate of drug-likeness (QED) is 0.440. The molecular weight excluding hydrogens is 336 g/mol. The van der Waals surface area contributed by atoms with Crippen LogP contribution in [0.4, 0.5) is 11.5 Å². The summed E-state index contributed by atoms with van der Waals surface area (Å²) in [5, 5.41) is 18.2. The van der Waals surface area contributed by atoms with E-state index in [1.54, 1.807) is 24.3 Å². The zero-order chi connectivity index (χ0) is 18.8. The van der Waals surface area contributed by atoms with E-state index in [1.807, 2.05) is 28.8 Å². The fraction of sp³-hybridized carbons (Fsp3) is 0.136. The second kappa shape index (κ2) is 7.03. The molecule has 0 spiro atoms. The van der Waals surface area contributed by atoms with Gasteiger partial charge in [0.2, 0.25) is 0 Å². The summed E-state index contributed by atoms with van der Waals surface area (Å²) in [5.41, 5.74) is 4.57. The van der Waals surface area contributed by atoms with Gasteiger partial charge in [-0.25, -0.2) is 4.98 Å². The van der Waals surface area contributed by atoms with Crippen LogP contribution < -0.4 is 0 Å². The molecule has 0 radical (unpaired) electrons. The Labute approximate surface area is 157 Å². The van der Waals surface area contributed by atoms with Crippen molar-refractivity contribution in [3.05, 3.63) is 78.5 Å². The summed E-state index contributed by atoms with van der Waals surface area (Å²) < 4.78 is 1.93. The van der Waals surface area contributed by atoms with Gasteiger partial charge in [-0.2, -0.15) is 0 Å². The first-order valence-electron chi connectivity index (χ1n) is 8.90. The van der Waals surface area contributed by atoms with E-state index in [2.05, 4.69) is 48.3 Å². The van der Waals surface area contributed by atoms with Crippen LogP contribution in [0.15, 0.2) is 83.2 Å². The molecule has 0 aliphatic carbocycles. The van der Waals surface area contributed by atoms with Crippen molar-refractivity contribution in [3.63, 3.8) is 0 Å². The van der Waals surface area contributed by atoms with Gasteiger partial charge in [-0.05, 0) is 47.9 Å². The third-order valence-electron chi connectivity index (χ3n) is 4.47. The molecule has 27 heavy (non-hydrogen) atoms. The van der Waals surface area contributed by atoms with Crippen LogP contribution in [0.25, 0.3) is 16.9 Å². The lowest BCUT2D eigenvalue weighted by Gasteiger charge is -2.06. The number of azo groups is 1. The minimum absolute atomic E-state index is 0.203. The van der Waals surface area contributed by atoms with E-state index in [9.17, 15) is 5.11 Å². The molecule has 0 unspecified atom stereocenters. The fourth-order valence-electron chi connectivity index (χ4n) is 2.92. The van der Waals surface area contributed by atoms with Gasteiger partial charge in [-0.1, -0.05) is 44.2 Å². The number of pyridine rings is 1. The number of fused-ring (bicyclic) bond motifs is 1. The highest BCUT2D eigenvalue weighted by Gasteiger charge is 2.14. The Balaban J connectivity index is 1.80. The maximum atomic E-state index is 9.42. The molecule has 4 aromatic rings. The third kappa shape index (κ3) is 3.44. The van der Waals surface area contributed by atoms with E-state index in [1.165, 1.54) is 5.56 Å². The first-order chi connectivity index (χ1) is 13.1. The van der Waals surface area contributed by atoms with E-state index in [0.29, 0.717) is 17.4 Å². The number of hydrogen-bond donors (Lipinski definition) is 1. The lowest BCUT2D eigenvalue weighted by molar-refractivity contribution is 0.475. The topological polar surface area (TPSA) is 62.2 Å². The van der Waals surface area contributed by atoms with Gasteiger partial charge in [0.1, 0.15) is 17.1 Å². The zero-order valence-corrected chi connectivity index (χ0v) is 15.2. The summed E-state index contributed by atoms with van der Waals surface area (Å²) in [6, 6.07) is 20.9. The molecule has 0 saturated heterocycles. The number of rotatable bonds is 4. The van der Waals surface area contributed by atoms with E-state index >= 15 is 0 Å². The normalized spacial score (nSPS) is 11.7. The summed E-state index contributed by atoms with van der Waals surface area (Å²) in [6.45, 7) is 4.36. The van der Waals surface area contributed by atoms with E-state index in [-0.39, 0.29) is 5.75 Å². The highest BCUT2D eigenvalue weighted by atomic mass is 16.3. The molecule has 2 aromatic heterocycles. The SMILES string of the molecule is CC(C)c1ccc(-c2nc3ccccn3c2N=Nc2ccc(O)cc2)cc1. The van der Waals surface area contributed by atoms with Crippen molar-refractivity contribution in [3.8, 4) is 17.0 Å². The first-order valence-corrected chi connectivity index (χ1v) is 8.90. The molecule has 0 saturated carbocycles. The van der Waals surface area contributed by atoms with Gasteiger partial charge in [0.15, 0.2) is 5.82 Å². The molecule has 5 nitrogen and oxygen atoms in total. The number of hydrogen-bond acceptors (Lipinski definition) is 4. The molecule has 2 heterocycles. The number of aromatic hydroxyl groups is 1. The lowest BCUT2D eigenvalue weighted by Crippen LogP contribution is -1.87. The van der Waals surface area contributed by atoms with Crippen LogP contribution in [0.3, 0.4) is 0 Å². The zero-order valence-electron chi connectivity index (χ0n) is 15.2. The van der Waals surface area contributed by atoms with E-state index in [4.69, 9.17) is 4.98 Å². The average Bonchev–Trinajstić information content (AvgIpc) is 3.06. The van der Waals surface area contributed by atoms with Crippen molar-refractivity contribution >= 4 is 17.2 Å². The molecule has 134 valence electrons. The average molecular weight is 356 g/mol. The van der Waals surface area contributed by atoms with Crippen molar-refractivity contribution in [2.24, 2.45) is 10.2 Å². The van der Waals surface area contributed by atoms with Crippen molar-refractivity contribution < 1.29 is 5.11 Å².